The Bertz CT molecular complexity index is 520. The third kappa shape index (κ3) is 2.85. The highest BCUT2D eigenvalue weighted by molar-refractivity contribution is 5.99. The molecule has 1 saturated heterocycles. The van der Waals surface area contributed by atoms with Crippen molar-refractivity contribution < 1.29 is 9.53 Å². The van der Waals surface area contributed by atoms with E-state index in [9.17, 15) is 4.79 Å². The van der Waals surface area contributed by atoms with Crippen LogP contribution in [-0.4, -0.2) is 37.0 Å². The topological polar surface area (TPSA) is 41.6 Å². The molecule has 4 nitrogen and oxygen atoms in total. The summed E-state index contributed by atoms with van der Waals surface area (Å²) in [6, 6.07) is 5.77. The number of nitrogens with one attached hydrogen (secondary N) is 1. The van der Waals surface area contributed by atoms with Crippen LogP contribution in [-0.2, 0) is 0 Å². The van der Waals surface area contributed by atoms with Crippen molar-refractivity contribution in [2.45, 2.75) is 26.7 Å². The number of anilines is 1. The summed E-state index contributed by atoms with van der Waals surface area (Å²) in [7, 11) is 0. The number of benzene rings is 1. The predicted octanol–water partition coefficient (Wildman–Crippen LogP) is 3.00. The van der Waals surface area contributed by atoms with Gasteiger partial charge in [-0.3, -0.25) is 4.79 Å². The quantitative estimate of drug-likeness (QED) is 0.909. The van der Waals surface area contributed by atoms with Crippen LogP contribution in [0.1, 0.15) is 37.0 Å². The number of piperidine rings is 1. The summed E-state index contributed by atoms with van der Waals surface area (Å²) in [5, 5.41) is 3.29. The van der Waals surface area contributed by atoms with Gasteiger partial charge in [-0.1, -0.05) is 19.9 Å². The average molecular weight is 288 g/mol. The van der Waals surface area contributed by atoms with Crippen molar-refractivity contribution >= 4 is 11.6 Å². The van der Waals surface area contributed by atoms with Crippen LogP contribution in [0.25, 0.3) is 0 Å². The third-order valence-electron chi connectivity index (χ3n) is 4.68. The monoisotopic (exact) mass is 288 g/mol. The number of hydrogen-bond acceptors (Lipinski definition) is 3. The van der Waals surface area contributed by atoms with Crippen molar-refractivity contribution in [2.24, 2.45) is 11.8 Å². The van der Waals surface area contributed by atoms with Crippen LogP contribution in [0.4, 0.5) is 5.69 Å². The molecular formula is C17H24N2O2. The van der Waals surface area contributed by atoms with E-state index in [0.29, 0.717) is 18.1 Å². The number of nitrogens with zero attached hydrogens (tertiary/aromatic N) is 1. The van der Waals surface area contributed by atoms with E-state index in [-0.39, 0.29) is 5.91 Å². The van der Waals surface area contributed by atoms with Crippen molar-refractivity contribution in [3.63, 3.8) is 0 Å². The van der Waals surface area contributed by atoms with Crippen LogP contribution in [0.15, 0.2) is 18.2 Å². The molecular weight excluding hydrogens is 264 g/mol. The molecule has 0 spiro atoms. The predicted molar refractivity (Wildman–Crippen MR) is 83.9 cm³/mol. The summed E-state index contributed by atoms with van der Waals surface area (Å²) < 4.78 is 5.72. The minimum atomic E-state index is 0.109. The summed E-state index contributed by atoms with van der Waals surface area (Å²) in [4.78, 5) is 14.7. The maximum atomic E-state index is 12.8. The second-order valence-corrected chi connectivity index (χ2v) is 6.33. The van der Waals surface area contributed by atoms with Gasteiger partial charge in [-0.05, 0) is 36.8 Å². The highest BCUT2D eigenvalue weighted by Crippen LogP contribution is 2.33. The maximum Gasteiger partial charge on any atom is 0.257 e. The molecule has 2 aliphatic rings. The summed E-state index contributed by atoms with van der Waals surface area (Å²) in [6.07, 6.45) is 2.22. The zero-order chi connectivity index (χ0) is 14.8. The number of rotatable bonds is 2. The Kier molecular flexibility index (Phi) is 4.04. The first-order valence-corrected chi connectivity index (χ1v) is 7.96. The van der Waals surface area contributed by atoms with Gasteiger partial charge >= 0.3 is 0 Å². The van der Waals surface area contributed by atoms with Crippen LogP contribution in [0, 0.1) is 11.8 Å². The molecule has 3 rings (SSSR count). The number of fused-ring (bicyclic) bond motifs is 1. The zero-order valence-electron chi connectivity index (χ0n) is 12.9. The third-order valence-corrected chi connectivity index (χ3v) is 4.68. The van der Waals surface area contributed by atoms with E-state index in [4.69, 9.17) is 4.74 Å². The maximum absolute atomic E-state index is 12.8. The molecule has 0 aliphatic carbocycles. The number of likely N-dealkylation sites (tertiary alicyclic amines) is 1. The Balaban J connectivity index is 1.75. The Hall–Kier alpha value is -1.71. The Morgan fingerprint density at radius 1 is 1.33 bits per heavy atom. The fourth-order valence-electron chi connectivity index (χ4n) is 3.28. The van der Waals surface area contributed by atoms with Crippen LogP contribution < -0.4 is 10.1 Å². The summed E-state index contributed by atoms with van der Waals surface area (Å²) in [5.41, 5.74) is 1.63. The SMILES string of the molecule is CC(C)C1CCN(C(=O)c2cccc3c2OCCN3)CC1. The molecule has 0 bridgehead atoms. The minimum absolute atomic E-state index is 0.109. The standard InChI is InChI=1S/C17H24N2O2/c1-12(2)13-6-9-19(10-7-13)17(20)14-4-3-5-15-16(14)21-11-8-18-15/h3-5,12-13,18H,6-11H2,1-2H3. The number of carbonyl (C=O) groups excluding carboxylic acids is 1. The molecule has 2 aliphatic heterocycles. The van der Waals surface area contributed by atoms with E-state index in [1.54, 1.807) is 0 Å². The van der Waals surface area contributed by atoms with Gasteiger partial charge in [0.05, 0.1) is 11.3 Å². The molecule has 1 aromatic rings. The van der Waals surface area contributed by atoms with E-state index in [1.165, 1.54) is 0 Å². The summed E-state index contributed by atoms with van der Waals surface area (Å²) in [5.74, 6) is 2.29. The highest BCUT2D eigenvalue weighted by Gasteiger charge is 2.28. The fraction of sp³-hybridized carbons (Fsp3) is 0.588. The van der Waals surface area contributed by atoms with Gasteiger partial charge in [0, 0.05) is 19.6 Å². The summed E-state index contributed by atoms with van der Waals surface area (Å²) in [6.45, 7) is 7.68. The van der Waals surface area contributed by atoms with Crippen molar-refractivity contribution in [2.75, 3.05) is 31.6 Å². The van der Waals surface area contributed by atoms with Gasteiger partial charge in [0.25, 0.3) is 5.91 Å². The normalized spacial score (nSPS) is 18.9. The molecule has 0 saturated carbocycles. The van der Waals surface area contributed by atoms with Gasteiger partial charge in [-0.2, -0.15) is 0 Å². The lowest BCUT2D eigenvalue weighted by Gasteiger charge is -2.34. The van der Waals surface area contributed by atoms with E-state index in [2.05, 4.69) is 19.2 Å². The van der Waals surface area contributed by atoms with E-state index < -0.39 is 0 Å². The Morgan fingerprint density at radius 3 is 2.81 bits per heavy atom. The van der Waals surface area contributed by atoms with Gasteiger partial charge < -0.3 is 15.0 Å². The average Bonchev–Trinajstić information content (AvgIpc) is 2.53. The first-order chi connectivity index (χ1) is 10.2. The number of carbonyl (C=O) groups is 1. The molecule has 0 unspecified atom stereocenters. The Labute approximate surface area is 126 Å². The molecule has 0 radical (unpaired) electrons. The molecule has 0 aromatic heterocycles. The minimum Gasteiger partial charge on any atom is -0.489 e. The van der Waals surface area contributed by atoms with Gasteiger partial charge in [0.2, 0.25) is 0 Å². The van der Waals surface area contributed by atoms with Gasteiger partial charge in [-0.15, -0.1) is 0 Å². The largest absolute Gasteiger partial charge is 0.489 e. The zero-order valence-corrected chi connectivity index (χ0v) is 12.9. The second-order valence-electron chi connectivity index (χ2n) is 6.33. The van der Waals surface area contributed by atoms with E-state index >= 15 is 0 Å². The van der Waals surface area contributed by atoms with Gasteiger partial charge in [0.15, 0.2) is 5.75 Å². The molecule has 1 aromatic carbocycles. The first kappa shape index (κ1) is 14.2. The smallest absolute Gasteiger partial charge is 0.257 e. The number of para-hydroxylation sites is 1. The molecule has 2 heterocycles. The number of amides is 1. The molecule has 1 amide bonds. The fourth-order valence-corrected chi connectivity index (χ4v) is 3.28. The van der Waals surface area contributed by atoms with Crippen molar-refractivity contribution in [3.05, 3.63) is 23.8 Å². The van der Waals surface area contributed by atoms with Crippen molar-refractivity contribution in [3.8, 4) is 5.75 Å². The van der Waals surface area contributed by atoms with Gasteiger partial charge in [0.1, 0.15) is 6.61 Å². The molecule has 114 valence electrons. The lowest BCUT2D eigenvalue weighted by atomic mass is 9.86. The van der Waals surface area contributed by atoms with E-state index in [1.807, 2.05) is 23.1 Å². The molecule has 4 heteroatoms. The second kappa shape index (κ2) is 5.96. The van der Waals surface area contributed by atoms with Gasteiger partial charge in [-0.25, -0.2) is 0 Å². The molecule has 1 fully saturated rings. The van der Waals surface area contributed by atoms with Crippen molar-refractivity contribution in [1.82, 2.24) is 4.90 Å². The first-order valence-electron chi connectivity index (χ1n) is 7.96. The number of hydrogen-bond donors (Lipinski definition) is 1. The summed E-state index contributed by atoms with van der Waals surface area (Å²) >= 11 is 0. The van der Waals surface area contributed by atoms with Crippen LogP contribution in [0.5, 0.6) is 5.75 Å². The van der Waals surface area contributed by atoms with Crippen LogP contribution in [0.3, 0.4) is 0 Å². The lowest BCUT2D eigenvalue weighted by molar-refractivity contribution is 0.0663. The Morgan fingerprint density at radius 2 is 2.10 bits per heavy atom. The van der Waals surface area contributed by atoms with Crippen LogP contribution in [0.2, 0.25) is 0 Å². The van der Waals surface area contributed by atoms with Crippen LogP contribution >= 0.6 is 0 Å². The highest BCUT2D eigenvalue weighted by atomic mass is 16.5. The lowest BCUT2D eigenvalue weighted by Crippen LogP contribution is -2.39. The van der Waals surface area contributed by atoms with E-state index in [0.717, 1.165) is 49.8 Å². The molecule has 1 N–H and O–H groups in total. The van der Waals surface area contributed by atoms with Crippen molar-refractivity contribution in [1.29, 1.82) is 0 Å². The molecule has 0 atom stereocenters. The number of ether oxygens (including phenoxy) is 1. The molecule has 21 heavy (non-hydrogen) atoms.